The second-order valence-corrected chi connectivity index (χ2v) is 7.41. The molecule has 0 aliphatic heterocycles. The third-order valence-electron chi connectivity index (χ3n) is 5.08. The Morgan fingerprint density at radius 1 is 0.714 bits per heavy atom. The summed E-state index contributed by atoms with van der Waals surface area (Å²) in [5, 5.41) is 0. The van der Waals surface area contributed by atoms with E-state index in [-0.39, 0.29) is 0 Å². The molecule has 0 amide bonds. The fraction of sp³-hybridized carbons (Fsp3) is 0.667. The lowest BCUT2D eigenvalue weighted by molar-refractivity contribution is -0.166. The minimum absolute atomic E-state index is 0.345. The Hall–Kier alpha value is -1.84. The molecule has 0 spiro atoms. The highest BCUT2D eigenvalue weighted by molar-refractivity contribution is 6.06. The van der Waals surface area contributed by atoms with Crippen molar-refractivity contribution in [2.45, 2.75) is 90.4 Å². The van der Waals surface area contributed by atoms with Crippen LogP contribution in [-0.2, 0) is 24.5 Å². The summed E-state index contributed by atoms with van der Waals surface area (Å²) in [4.78, 5) is 26.5. The van der Waals surface area contributed by atoms with Crippen molar-refractivity contribution in [1.29, 1.82) is 0 Å². The molecule has 0 atom stereocenters. The minimum Gasteiger partial charge on any atom is -0.465 e. The summed E-state index contributed by atoms with van der Waals surface area (Å²) in [6, 6.07) is 9.29. The molecule has 0 aromatic heterocycles. The third-order valence-corrected chi connectivity index (χ3v) is 5.08. The molecule has 0 saturated heterocycles. The quantitative estimate of drug-likeness (QED) is 0.210. The van der Waals surface area contributed by atoms with Gasteiger partial charge in [0.2, 0.25) is 0 Å². The first-order chi connectivity index (χ1) is 13.6. The number of hydrogen-bond acceptors (Lipinski definition) is 4. The lowest BCUT2D eigenvalue weighted by Crippen LogP contribution is -2.46. The zero-order valence-electron chi connectivity index (χ0n) is 18.0. The third kappa shape index (κ3) is 7.29. The van der Waals surface area contributed by atoms with Gasteiger partial charge in [-0.2, -0.15) is 0 Å². The van der Waals surface area contributed by atoms with E-state index in [1.54, 1.807) is 0 Å². The molecule has 0 aliphatic rings. The molecular formula is C24H38O4. The smallest absolute Gasteiger partial charge is 0.328 e. The number of esters is 2. The van der Waals surface area contributed by atoms with Crippen molar-refractivity contribution in [3.8, 4) is 0 Å². The molecule has 0 bridgehead atoms. The molecule has 0 unspecified atom stereocenters. The number of benzene rings is 1. The van der Waals surface area contributed by atoms with Gasteiger partial charge in [0.1, 0.15) is 0 Å². The van der Waals surface area contributed by atoms with E-state index in [2.05, 4.69) is 20.8 Å². The van der Waals surface area contributed by atoms with Crippen molar-refractivity contribution < 1.29 is 19.1 Å². The molecule has 0 radical (unpaired) electrons. The van der Waals surface area contributed by atoms with E-state index in [9.17, 15) is 9.59 Å². The van der Waals surface area contributed by atoms with Crippen LogP contribution in [0, 0.1) is 0 Å². The summed E-state index contributed by atoms with van der Waals surface area (Å²) in [7, 11) is 0. The molecule has 0 fully saturated rings. The van der Waals surface area contributed by atoms with Crippen LogP contribution >= 0.6 is 0 Å². The van der Waals surface area contributed by atoms with Gasteiger partial charge >= 0.3 is 11.9 Å². The normalized spacial score (nSPS) is 11.2. The van der Waals surface area contributed by atoms with E-state index in [0.29, 0.717) is 25.2 Å². The van der Waals surface area contributed by atoms with Gasteiger partial charge in [0.05, 0.1) is 13.2 Å². The lowest BCUT2D eigenvalue weighted by atomic mass is 9.76. The Bertz CT molecular complexity index is 529. The van der Waals surface area contributed by atoms with Gasteiger partial charge in [0.25, 0.3) is 0 Å². The van der Waals surface area contributed by atoms with Crippen LogP contribution in [0.25, 0.3) is 0 Å². The Kier molecular flexibility index (Phi) is 12.3. The molecule has 0 saturated carbocycles. The second kappa shape index (κ2) is 14.2. The largest absolute Gasteiger partial charge is 0.465 e. The maximum atomic E-state index is 13.2. The fourth-order valence-electron chi connectivity index (χ4n) is 3.31. The Balaban J connectivity index is 3.10. The number of ether oxygens (including phenoxy) is 2. The minimum atomic E-state index is -1.37. The highest BCUT2D eigenvalue weighted by Crippen LogP contribution is 2.34. The van der Waals surface area contributed by atoms with Crippen LogP contribution in [0.4, 0.5) is 0 Å². The highest BCUT2D eigenvalue weighted by Gasteiger charge is 2.50. The zero-order valence-corrected chi connectivity index (χ0v) is 18.0. The lowest BCUT2D eigenvalue weighted by Gasteiger charge is -2.30. The maximum absolute atomic E-state index is 13.2. The van der Waals surface area contributed by atoms with E-state index in [1.807, 2.05) is 30.3 Å². The van der Waals surface area contributed by atoms with Crippen molar-refractivity contribution >= 4 is 11.9 Å². The van der Waals surface area contributed by atoms with Crippen molar-refractivity contribution in [2.24, 2.45) is 0 Å². The predicted molar refractivity (Wildman–Crippen MR) is 113 cm³/mol. The van der Waals surface area contributed by atoms with Gasteiger partial charge in [0.15, 0.2) is 5.41 Å². The van der Waals surface area contributed by atoms with Crippen molar-refractivity contribution in [2.75, 3.05) is 13.2 Å². The monoisotopic (exact) mass is 390 g/mol. The van der Waals surface area contributed by atoms with E-state index >= 15 is 0 Å². The van der Waals surface area contributed by atoms with Gasteiger partial charge in [-0.15, -0.1) is 0 Å². The highest BCUT2D eigenvalue weighted by atomic mass is 16.6. The number of unbranched alkanes of at least 4 members (excludes halogenated alkanes) is 6. The van der Waals surface area contributed by atoms with Crippen molar-refractivity contribution in [3.05, 3.63) is 35.9 Å². The molecule has 0 aliphatic carbocycles. The fourth-order valence-corrected chi connectivity index (χ4v) is 3.31. The van der Waals surface area contributed by atoms with E-state index in [1.165, 1.54) is 0 Å². The molecule has 28 heavy (non-hydrogen) atoms. The second-order valence-electron chi connectivity index (χ2n) is 7.41. The standard InChI is InChI=1S/C24H38O4/c1-4-7-13-18-24(21-16-11-10-12-17-21,22(25)27-19-14-8-5-2)23(26)28-20-15-9-6-3/h10-12,16-17H,4-9,13-15,18-20H2,1-3H3. The Morgan fingerprint density at radius 2 is 1.18 bits per heavy atom. The molecule has 1 aromatic rings. The van der Waals surface area contributed by atoms with Gasteiger partial charge < -0.3 is 9.47 Å². The van der Waals surface area contributed by atoms with Crippen molar-refractivity contribution in [3.63, 3.8) is 0 Å². The molecule has 4 nitrogen and oxygen atoms in total. The molecular weight excluding hydrogens is 352 g/mol. The molecule has 1 rings (SSSR count). The summed E-state index contributed by atoms with van der Waals surface area (Å²) in [6.07, 6.45) is 8.91. The van der Waals surface area contributed by atoms with Crippen LogP contribution in [0.5, 0.6) is 0 Å². The van der Waals surface area contributed by atoms with Gasteiger partial charge in [-0.25, -0.2) is 0 Å². The first-order valence-corrected chi connectivity index (χ1v) is 11.0. The number of carbonyl (C=O) groups excluding carboxylic acids is 2. The summed E-state index contributed by atoms with van der Waals surface area (Å²) >= 11 is 0. The van der Waals surface area contributed by atoms with Crippen LogP contribution in [0.1, 0.15) is 90.5 Å². The predicted octanol–water partition coefficient (Wildman–Crippen LogP) is 5.97. The van der Waals surface area contributed by atoms with E-state index in [0.717, 1.165) is 57.8 Å². The van der Waals surface area contributed by atoms with Crippen LogP contribution in [-0.4, -0.2) is 25.2 Å². The number of carbonyl (C=O) groups is 2. The first-order valence-electron chi connectivity index (χ1n) is 11.0. The Morgan fingerprint density at radius 3 is 1.64 bits per heavy atom. The molecule has 1 aromatic carbocycles. The molecule has 0 N–H and O–H groups in total. The zero-order chi connectivity index (χ0) is 20.7. The summed E-state index contributed by atoms with van der Waals surface area (Å²) in [5.74, 6) is -0.933. The van der Waals surface area contributed by atoms with Gasteiger partial charge in [-0.05, 0) is 24.8 Å². The number of rotatable bonds is 15. The van der Waals surface area contributed by atoms with Gasteiger partial charge in [-0.3, -0.25) is 9.59 Å². The van der Waals surface area contributed by atoms with E-state index < -0.39 is 17.4 Å². The van der Waals surface area contributed by atoms with Gasteiger partial charge in [-0.1, -0.05) is 96.0 Å². The Labute approximate surface area is 171 Å². The topological polar surface area (TPSA) is 52.6 Å². The molecule has 0 heterocycles. The van der Waals surface area contributed by atoms with Crippen molar-refractivity contribution in [1.82, 2.24) is 0 Å². The molecule has 158 valence electrons. The molecule has 4 heteroatoms. The summed E-state index contributed by atoms with van der Waals surface area (Å²) < 4.78 is 11.2. The average molecular weight is 391 g/mol. The van der Waals surface area contributed by atoms with Crippen LogP contribution in [0.3, 0.4) is 0 Å². The average Bonchev–Trinajstić information content (AvgIpc) is 2.72. The van der Waals surface area contributed by atoms with E-state index in [4.69, 9.17) is 9.47 Å². The van der Waals surface area contributed by atoms with Crippen LogP contribution in [0.2, 0.25) is 0 Å². The van der Waals surface area contributed by atoms with Crippen LogP contribution in [0.15, 0.2) is 30.3 Å². The van der Waals surface area contributed by atoms with Crippen LogP contribution < -0.4 is 0 Å². The summed E-state index contributed by atoms with van der Waals surface area (Å²) in [5.41, 5.74) is -0.693. The first kappa shape index (κ1) is 24.2. The maximum Gasteiger partial charge on any atom is 0.328 e. The van der Waals surface area contributed by atoms with Gasteiger partial charge in [0, 0.05) is 0 Å². The number of hydrogen-bond donors (Lipinski definition) is 0. The SMILES string of the molecule is CCCCCOC(=O)C(CCCCC)(C(=O)OCCCCC)c1ccccc1. The summed E-state index contributed by atoms with van der Waals surface area (Å²) in [6.45, 7) is 7.01.